The second kappa shape index (κ2) is 4.65. The molecule has 0 bridgehead atoms. The third-order valence-corrected chi connectivity index (χ3v) is 4.19. The van der Waals surface area contributed by atoms with Crippen LogP contribution in [-0.2, 0) is 13.0 Å². The average Bonchev–Trinajstić information content (AvgIpc) is 2.78. The van der Waals surface area contributed by atoms with E-state index in [0.29, 0.717) is 0 Å². The Morgan fingerprint density at radius 1 is 1.17 bits per heavy atom. The molecule has 0 atom stereocenters. The molecule has 0 fully saturated rings. The van der Waals surface area contributed by atoms with Crippen molar-refractivity contribution in [2.45, 2.75) is 13.0 Å². The van der Waals surface area contributed by atoms with Crippen molar-refractivity contribution in [1.29, 1.82) is 0 Å². The van der Waals surface area contributed by atoms with Crippen molar-refractivity contribution in [2.24, 2.45) is 0 Å². The molecule has 0 spiro atoms. The number of benzene rings is 2. The number of fused-ring (bicyclic) bond motifs is 1. The van der Waals surface area contributed by atoms with E-state index in [2.05, 4.69) is 45.1 Å². The molecule has 0 radical (unpaired) electrons. The van der Waals surface area contributed by atoms with Gasteiger partial charge in [-0.15, -0.1) is 0 Å². The number of anilines is 2. The highest BCUT2D eigenvalue weighted by molar-refractivity contribution is 9.10. The van der Waals surface area contributed by atoms with E-state index in [4.69, 9.17) is 5.73 Å². The fourth-order valence-electron chi connectivity index (χ4n) is 2.49. The van der Waals surface area contributed by atoms with Crippen LogP contribution in [0.5, 0.6) is 0 Å². The summed E-state index contributed by atoms with van der Waals surface area (Å²) in [6, 6.07) is 14.6. The normalized spacial score (nSPS) is 13.7. The highest BCUT2D eigenvalue weighted by Gasteiger charge is 2.18. The molecule has 3 rings (SSSR count). The van der Waals surface area contributed by atoms with Crippen molar-refractivity contribution in [2.75, 3.05) is 17.2 Å². The third kappa shape index (κ3) is 2.10. The SMILES string of the molecule is Nc1ccc(Br)c(CN2CCc3ccccc32)c1. The molecule has 1 aliphatic rings. The lowest BCUT2D eigenvalue weighted by Gasteiger charge is -2.20. The predicted octanol–water partition coefficient (Wildman–Crippen LogP) is 3.59. The largest absolute Gasteiger partial charge is 0.399 e. The van der Waals surface area contributed by atoms with Crippen molar-refractivity contribution in [3.63, 3.8) is 0 Å². The molecule has 0 unspecified atom stereocenters. The number of hydrogen-bond donors (Lipinski definition) is 1. The van der Waals surface area contributed by atoms with Gasteiger partial charge in [-0.3, -0.25) is 0 Å². The van der Waals surface area contributed by atoms with E-state index < -0.39 is 0 Å². The van der Waals surface area contributed by atoms with Gasteiger partial charge in [0.1, 0.15) is 0 Å². The molecule has 0 amide bonds. The minimum atomic E-state index is 0.820. The van der Waals surface area contributed by atoms with E-state index in [1.165, 1.54) is 16.8 Å². The molecule has 0 aliphatic carbocycles. The second-order valence-corrected chi connectivity index (χ2v) is 5.51. The van der Waals surface area contributed by atoms with E-state index in [0.717, 1.165) is 29.7 Å². The van der Waals surface area contributed by atoms with Gasteiger partial charge in [-0.05, 0) is 41.8 Å². The smallest absolute Gasteiger partial charge is 0.0441 e. The van der Waals surface area contributed by atoms with Crippen LogP contribution in [0.3, 0.4) is 0 Å². The average molecular weight is 303 g/mol. The summed E-state index contributed by atoms with van der Waals surface area (Å²) in [6.45, 7) is 1.99. The quantitative estimate of drug-likeness (QED) is 0.859. The third-order valence-electron chi connectivity index (χ3n) is 3.41. The van der Waals surface area contributed by atoms with Crippen molar-refractivity contribution < 1.29 is 0 Å². The van der Waals surface area contributed by atoms with Crippen LogP contribution < -0.4 is 10.6 Å². The molecule has 2 nitrogen and oxygen atoms in total. The minimum absolute atomic E-state index is 0.820. The Labute approximate surface area is 116 Å². The maximum atomic E-state index is 5.86. The number of para-hydroxylation sites is 1. The van der Waals surface area contributed by atoms with Gasteiger partial charge in [0, 0.05) is 28.9 Å². The lowest BCUT2D eigenvalue weighted by Crippen LogP contribution is -2.19. The number of halogens is 1. The molecule has 0 saturated carbocycles. The molecule has 1 heterocycles. The van der Waals surface area contributed by atoms with Crippen LogP contribution in [0.1, 0.15) is 11.1 Å². The first-order valence-electron chi connectivity index (χ1n) is 6.11. The highest BCUT2D eigenvalue weighted by Crippen LogP contribution is 2.30. The monoisotopic (exact) mass is 302 g/mol. The molecule has 0 aromatic heterocycles. The van der Waals surface area contributed by atoms with Crippen LogP contribution in [0.25, 0.3) is 0 Å². The first-order chi connectivity index (χ1) is 8.74. The molecule has 2 N–H and O–H groups in total. The Kier molecular flexibility index (Phi) is 3.00. The number of rotatable bonds is 2. The predicted molar refractivity (Wildman–Crippen MR) is 79.8 cm³/mol. The lowest BCUT2D eigenvalue weighted by atomic mass is 10.1. The maximum Gasteiger partial charge on any atom is 0.0441 e. The van der Waals surface area contributed by atoms with Crippen molar-refractivity contribution >= 4 is 27.3 Å². The van der Waals surface area contributed by atoms with E-state index in [9.17, 15) is 0 Å². The van der Waals surface area contributed by atoms with Gasteiger partial charge in [-0.2, -0.15) is 0 Å². The van der Waals surface area contributed by atoms with Crippen molar-refractivity contribution in [1.82, 2.24) is 0 Å². The summed E-state index contributed by atoms with van der Waals surface area (Å²) in [6.07, 6.45) is 1.14. The zero-order chi connectivity index (χ0) is 12.5. The first-order valence-corrected chi connectivity index (χ1v) is 6.90. The van der Waals surface area contributed by atoms with Gasteiger partial charge in [0.05, 0.1) is 0 Å². The molecule has 2 aromatic rings. The van der Waals surface area contributed by atoms with E-state index in [-0.39, 0.29) is 0 Å². The Bertz CT molecular complexity index is 580. The van der Waals surface area contributed by atoms with Gasteiger partial charge in [0.15, 0.2) is 0 Å². The topological polar surface area (TPSA) is 29.3 Å². The Morgan fingerprint density at radius 2 is 2.00 bits per heavy atom. The van der Waals surface area contributed by atoms with Crippen LogP contribution in [-0.4, -0.2) is 6.54 Å². The Morgan fingerprint density at radius 3 is 2.89 bits per heavy atom. The van der Waals surface area contributed by atoms with Crippen LogP contribution in [0.2, 0.25) is 0 Å². The molecule has 2 aromatic carbocycles. The number of hydrogen-bond acceptors (Lipinski definition) is 2. The first kappa shape index (κ1) is 11.6. The number of nitrogens with two attached hydrogens (primary N) is 1. The fraction of sp³-hybridized carbons (Fsp3) is 0.200. The molecule has 0 saturated heterocycles. The summed E-state index contributed by atoms with van der Waals surface area (Å²) in [7, 11) is 0. The molecule has 3 heteroatoms. The number of nitrogens with zero attached hydrogens (tertiary/aromatic N) is 1. The molecule has 1 aliphatic heterocycles. The van der Waals surface area contributed by atoms with E-state index in [1.807, 2.05) is 18.2 Å². The Hall–Kier alpha value is -1.48. The van der Waals surface area contributed by atoms with Crippen molar-refractivity contribution in [3.05, 3.63) is 58.1 Å². The summed E-state index contributed by atoms with van der Waals surface area (Å²) >= 11 is 3.60. The second-order valence-electron chi connectivity index (χ2n) is 4.65. The molecular weight excluding hydrogens is 288 g/mol. The zero-order valence-corrected chi connectivity index (χ0v) is 11.7. The molecule has 92 valence electrons. The lowest BCUT2D eigenvalue weighted by molar-refractivity contribution is 0.834. The van der Waals surface area contributed by atoms with Gasteiger partial charge >= 0.3 is 0 Å². The van der Waals surface area contributed by atoms with Gasteiger partial charge in [0.25, 0.3) is 0 Å². The van der Waals surface area contributed by atoms with Gasteiger partial charge in [-0.1, -0.05) is 34.1 Å². The zero-order valence-electron chi connectivity index (χ0n) is 10.1. The Balaban J connectivity index is 1.88. The van der Waals surface area contributed by atoms with Gasteiger partial charge in [-0.25, -0.2) is 0 Å². The summed E-state index contributed by atoms with van der Waals surface area (Å²) in [5.74, 6) is 0. The van der Waals surface area contributed by atoms with Gasteiger partial charge < -0.3 is 10.6 Å². The summed E-state index contributed by atoms with van der Waals surface area (Å²) < 4.78 is 1.13. The standard InChI is InChI=1S/C15H15BrN2/c16-14-6-5-13(17)9-12(14)10-18-8-7-11-3-1-2-4-15(11)18/h1-6,9H,7-8,10,17H2. The summed E-state index contributed by atoms with van der Waals surface area (Å²) in [5.41, 5.74) is 10.7. The summed E-state index contributed by atoms with van der Waals surface area (Å²) in [5, 5.41) is 0. The maximum absolute atomic E-state index is 5.86. The van der Waals surface area contributed by atoms with E-state index in [1.54, 1.807) is 0 Å². The van der Waals surface area contributed by atoms with Gasteiger partial charge in [0.2, 0.25) is 0 Å². The minimum Gasteiger partial charge on any atom is -0.399 e. The van der Waals surface area contributed by atoms with Crippen molar-refractivity contribution in [3.8, 4) is 0 Å². The van der Waals surface area contributed by atoms with Crippen LogP contribution in [0, 0.1) is 0 Å². The van der Waals surface area contributed by atoms with Crippen LogP contribution in [0.4, 0.5) is 11.4 Å². The molecule has 18 heavy (non-hydrogen) atoms. The fourth-order valence-corrected chi connectivity index (χ4v) is 2.86. The van der Waals surface area contributed by atoms with Crippen LogP contribution in [0.15, 0.2) is 46.9 Å². The van der Waals surface area contributed by atoms with E-state index >= 15 is 0 Å². The summed E-state index contributed by atoms with van der Waals surface area (Å²) in [4.78, 5) is 2.41. The number of nitrogen functional groups attached to an aromatic ring is 1. The highest BCUT2D eigenvalue weighted by atomic mass is 79.9. The van der Waals surface area contributed by atoms with Crippen LogP contribution >= 0.6 is 15.9 Å². The molecular formula is C15H15BrN2.